The van der Waals surface area contributed by atoms with E-state index in [1.807, 2.05) is 0 Å². The summed E-state index contributed by atoms with van der Waals surface area (Å²) in [5.74, 6) is 0.811. The monoisotopic (exact) mass is 340 g/mol. The Morgan fingerprint density at radius 1 is 0.708 bits per heavy atom. The summed E-state index contributed by atoms with van der Waals surface area (Å²) in [6.07, 6.45) is 19.8. The number of unbranched alkanes of at least 4 members (excludes halogenated alkanes) is 12. The molecule has 0 heterocycles. The van der Waals surface area contributed by atoms with Gasteiger partial charge in [-0.1, -0.05) is 104 Å². The van der Waals surface area contributed by atoms with Crippen LogP contribution in [0.15, 0.2) is 0 Å². The molecule has 2 nitrogen and oxygen atoms in total. The molecule has 0 spiro atoms. The number of esters is 1. The minimum atomic E-state index is 0.00906. The molecule has 0 amide bonds. The van der Waals surface area contributed by atoms with Crippen LogP contribution < -0.4 is 0 Å². The molecular weight excluding hydrogens is 296 g/mol. The lowest BCUT2D eigenvalue weighted by molar-refractivity contribution is -0.143. The fourth-order valence-corrected chi connectivity index (χ4v) is 3.02. The molecule has 0 unspecified atom stereocenters. The van der Waals surface area contributed by atoms with Gasteiger partial charge in [0.25, 0.3) is 0 Å². The van der Waals surface area contributed by atoms with E-state index < -0.39 is 0 Å². The van der Waals surface area contributed by atoms with Crippen LogP contribution in [-0.2, 0) is 9.53 Å². The van der Waals surface area contributed by atoms with Crippen molar-refractivity contribution in [3.05, 3.63) is 0 Å². The molecule has 0 aliphatic carbocycles. The SMILES string of the molecule is CCCCCCCCCCCCOC(=O)CCCCCCC(C)C. The number of hydrogen-bond acceptors (Lipinski definition) is 2. The highest BCUT2D eigenvalue weighted by molar-refractivity contribution is 5.69. The minimum absolute atomic E-state index is 0.00906. The molecule has 0 N–H and O–H groups in total. The van der Waals surface area contributed by atoms with Gasteiger partial charge in [0.05, 0.1) is 6.61 Å². The molecular formula is C22H44O2. The lowest BCUT2D eigenvalue weighted by Crippen LogP contribution is -2.05. The Labute approximate surface area is 152 Å². The Morgan fingerprint density at radius 3 is 1.79 bits per heavy atom. The van der Waals surface area contributed by atoms with E-state index in [0.717, 1.165) is 18.8 Å². The van der Waals surface area contributed by atoms with E-state index in [2.05, 4.69) is 20.8 Å². The second kappa shape index (κ2) is 18.8. The zero-order chi connectivity index (χ0) is 17.9. The van der Waals surface area contributed by atoms with Crippen molar-refractivity contribution in [2.24, 2.45) is 5.92 Å². The highest BCUT2D eigenvalue weighted by Gasteiger charge is 2.02. The molecule has 0 saturated heterocycles. The molecule has 0 saturated carbocycles. The molecule has 2 heteroatoms. The average Bonchev–Trinajstić information content (AvgIpc) is 2.55. The van der Waals surface area contributed by atoms with Gasteiger partial charge in [-0.05, 0) is 18.8 Å². The van der Waals surface area contributed by atoms with E-state index in [-0.39, 0.29) is 5.97 Å². The molecule has 0 aliphatic heterocycles. The molecule has 0 fully saturated rings. The van der Waals surface area contributed by atoms with Gasteiger partial charge in [-0.3, -0.25) is 4.79 Å². The number of ether oxygens (including phenoxy) is 1. The number of rotatable bonds is 18. The third kappa shape index (κ3) is 19.5. The summed E-state index contributed by atoms with van der Waals surface area (Å²) in [4.78, 5) is 11.6. The summed E-state index contributed by atoms with van der Waals surface area (Å²) in [6, 6.07) is 0. The first kappa shape index (κ1) is 23.5. The minimum Gasteiger partial charge on any atom is -0.466 e. The van der Waals surface area contributed by atoms with Crippen molar-refractivity contribution < 1.29 is 9.53 Å². The van der Waals surface area contributed by atoms with Crippen molar-refractivity contribution in [2.75, 3.05) is 6.61 Å². The lowest BCUT2D eigenvalue weighted by Gasteiger charge is -2.06. The van der Waals surface area contributed by atoms with E-state index in [1.165, 1.54) is 83.5 Å². The Balaban J connectivity index is 3.15. The zero-order valence-corrected chi connectivity index (χ0v) is 16.9. The molecule has 0 atom stereocenters. The summed E-state index contributed by atoms with van der Waals surface area (Å²) in [5, 5.41) is 0. The first-order valence-corrected chi connectivity index (χ1v) is 10.8. The fourth-order valence-electron chi connectivity index (χ4n) is 3.02. The van der Waals surface area contributed by atoms with Crippen LogP contribution in [0.3, 0.4) is 0 Å². The van der Waals surface area contributed by atoms with Crippen LogP contribution in [0.2, 0.25) is 0 Å². The Kier molecular flexibility index (Phi) is 18.4. The third-order valence-corrected chi connectivity index (χ3v) is 4.67. The lowest BCUT2D eigenvalue weighted by atomic mass is 10.0. The number of hydrogen-bond donors (Lipinski definition) is 0. The van der Waals surface area contributed by atoms with Crippen molar-refractivity contribution in [1.29, 1.82) is 0 Å². The zero-order valence-electron chi connectivity index (χ0n) is 16.9. The van der Waals surface area contributed by atoms with E-state index in [9.17, 15) is 4.79 Å². The van der Waals surface area contributed by atoms with Gasteiger partial charge in [-0.25, -0.2) is 0 Å². The molecule has 144 valence electrons. The van der Waals surface area contributed by atoms with Crippen LogP contribution >= 0.6 is 0 Å². The van der Waals surface area contributed by atoms with Crippen LogP contribution in [0, 0.1) is 5.92 Å². The average molecular weight is 341 g/mol. The fraction of sp³-hybridized carbons (Fsp3) is 0.955. The van der Waals surface area contributed by atoms with Crippen molar-refractivity contribution in [2.45, 2.75) is 124 Å². The largest absolute Gasteiger partial charge is 0.466 e. The van der Waals surface area contributed by atoms with Gasteiger partial charge < -0.3 is 4.74 Å². The van der Waals surface area contributed by atoms with Gasteiger partial charge in [0, 0.05) is 6.42 Å². The molecule has 0 bridgehead atoms. The van der Waals surface area contributed by atoms with Crippen molar-refractivity contribution in [3.63, 3.8) is 0 Å². The first-order chi connectivity index (χ1) is 11.7. The van der Waals surface area contributed by atoms with Crippen LogP contribution in [0.1, 0.15) is 124 Å². The molecule has 0 radical (unpaired) electrons. The Bertz CT molecular complexity index is 261. The summed E-state index contributed by atoms with van der Waals surface area (Å²) in [6.45, 7) is 7.43. The van der Waals surface area contributed by atoms with Gasteiger partial charge in [0.15, 0.2) is 0 Å². The van der Waals surface area contributed by atoms with E-state index in [0.29, 0.717) is 13.0 Å². The number of carbonyl (C=O) groups is 1. The Morgan fingerprint density at radius 2 is 1.21 bits per heavy atom. The maximum Gasteiger partial charge on any atom is 0.305 e. The maximum atomic E-state index is 11.6. The number of carbonyl (C=O) groups excluding carboxylic acids is 1. The second-order valence-corrected chi connectivity index (χ2v) is 7.75. The molecule has 24 heavy (non-hydrogen) atoms. The molecule has 0 aromatic rings. The normalized spacial score (nSPS) is 11.2. The van der Waals surface area contributed by atoms with Gasteiger partial charge in [-0.2, -0.15) is 0 Å². The molecule has 0 rings (SSSR count). The van der Waals surface area contributed by atoms with Crippen LogP contribution in [-0.4, -0.2) is 12.6 Å². The highest BCUT2D eigenvalue weighted by atomic mass is 16.5. The van der Waals surface area contributed by atoms with Gasteiger partial charge in [-0.15, -0.1) is 0 Å². The standard InChI is InChI=1S/C22H44O2/c1-4-5-6-7-8-9-10-11-14-17-20-24-22(23)19-16-13-12-15-18-21(2)3/h21H,4-20H2,1-3H3. The van der Waals surface area contributed by atoms with Crippen molar-refractivity contribution in [1.82, 2.24) is 0 Å². The first-order valence-electron chi connectivity index (χ1n) is 10.8. The summed E-state index contributed by atoms with van der Waals surface area (Å²) < 4.78 is 5.32. The maximum absolute atomic E-state index is 11.6. The van der Waals surface area contributed by atoms with Crippen LogP contribution in [0.5, 0.6) is 0 Å². The highest BCUT2D eigenvalue weighted by Crippen LogP contribution is 2.12. The van der Waals surface area contributed by atoms with E-state index in [4.69, 9.17) is 4.74 Å². The van der Waals surface area contributed by atoms with Crippen molar-refractivity contribution in [3.8, 4) is 0 Å². The van der Waals surface area contributed by atoms with E-state index in [1.54, 1.807) is 0 Å². The predicted octanol–water partition coefficient (Wildman–Crippen LogP) is 7.45. The van der Waals surface area contributed by atoms with Gasteiger partial charge >= 0.3 is 5.97 Å². The summed E-state index contributed by atoms with van der Waals surface area (Å²) >= 11 is 0. The summed E-state index contributed by atoms with van der Waals surface area (Å²) in [7, 11) is 0. The molecule has 0 aliphatic rings. The molecule has 0 aromatic carbocycles. The van der Waals surface area contributed by atoms with E-state index >= 15 is 0 Å². The molecule has 0 aromatic heterocycles. The Hall–Kier alpha value is -0.530. The predicted molar refractivity (Wildman–Crippen MR) is 105 cm³/mol. The van der Waals surface area contributed by atoms with Crippen LogP contribution in [0.25, 0.3) is 0 Å². The summed E-state index contributed by atoms with van der Waals surface area (Å²) in [5.41, 5.74) is 0. The van der Waals surface area contributed by atoms with Crippen LogP contribution in [0.4, 0.5) is 0 Å². The quantitative estimate of drug-likeness (QED) is 0.191. The van der Waals surface area contributed by atoms with Gasteiger partial charge in [0.1, 0.15) is 0 Å². The smallest absolute Gasteiger partial charge is 0.305 e. The topological polar surface area (TPSA) is 26.3 Å². The van der Waals surface area contributed by atoms with Gasteiger partial charge in [0.2, 0.25) is 0 Å². The van der Waals surface area contributed by atoms with Crippen molar-refractivity contribution >= 4 is 5.97 Å². The third-order valence-electron chi connectivity index (χ3n) is 4.67. The second-order valence-electron chi connectivity index (χ2n) is 7.75.